The molecular formula is C19H18N2OS. The van der Waals surface area contributed by atoms with Crippen molar-refractivity contribution in [1.29, 1.82) is 0 Å². The lowest BCUT2D eigenvalue weighted by atomic mass is 10.1. The van der Waals surface area contributed by atoms with E-state index in [1.54, 1.807) is 34.4 Å². The van der Waals surface area contributed by atoms with Crippen molar-refractivity contribution >= 4 is 23.2 Å². The number of hydrogen-bond acceptors (Lipinski definition) is 3. The number of nitrogens with zero attached hydrogens (tertiary/aromatic N) is 2. The molecule has 1 aromatic carbocycles. The molecule has 0 saturated carbocycles. The van der Waals surface area contributed by atoms with E-state index in [1.165, 1.54) is 10.4 Å². The number of hydrogen-bond donors (Lipinski definition) is 0. The third-order valence-corrected chi connectivity index (χ3v) is 4.62. The summed E-state index contributed by atoms with van der Waals surface area (Å²) >= 11 is 1.72. The smallest absolute Gasteiger partial charge is 0.203 e. The van der Waals surface area contributed by atoms with Crippen LogP contribution in [0.15, 0.2) is 60.8 Å². The molecule has 3 rings (SSSR count). The first-order chi connectivity index (χ1) is 11.3. The number of aromatic nitrogens is 2. The lowest BCUT2D eigenvalue weighted by Gasteiger charge is -1.99. The van der Waals surface area contributed by atoms with Crippen LogP contribution in [0.4, 0.5) is 0 Å². The van der Waals surface area contributed by atoms with Crippen LogP contribution in [0.2, 0.25) is 0 Å². The van der Waals surface area contributed by atoms with Crippen LogP contribution in [0, 0.1) is 0 Å². The van der Waals surface area contributed by atoms with Crippen LogP contribution in [0.1, 0.15) is 32.7 Å². The molecule has 0 aliphatic carbocycles. The van der Waals surface area contributed by atoms with E-state index in [9.17, 15) is 4.79 Å². The largest absolute Gasteiger partial charge is 0.288 e. The molecule has 0 saturated heterocycles. The maximum absolute atomic E-state index is 12.2. The molecule has 0 aliphatic heterocycles. The number of benzene rings is 1. The van der Waals surface area contributed by atoms with Gasteiger partial charge in [-0.1, -0.05) is 30.3 Å². The first-order valence-electron chi connectivity index (χ1n) is 7.63. The zero-order valence-electron chi connectivity index (χ0n) is 13.0. The SMILES string of the molecule is CCn1nccc1C(=O)/C=C/c1ccc(Cc2ccccc2)s1. The molecule has 116 valence electrons. The molecule has 0 aliphatic rings. The Morgan fingerprint density at radius 2 is 2.00 bits per heavy atom. The fourth-order valence-electron chi connectivity index (χ4n) is 2.41. The number of carbonyl (C=O) groups is 1. The zero-order valence-corrected chi connectivity index (χ0v) is 13.8. The molecule has 23 heavy (non-hydrogen) atoms. The van der Waals surface area contributed by atoms with Gasteiger partial charge in [-0.3, -0.25) is 9.48 Å². The molecule has 3 nitrogen and oxygen atoms in total. The van der Waals surface area contributed by atoms with Crippen molar-refractivity contribution in [2.45, 2.75) is 19.9 Å². The van der Waals surface area contributed by atoms with Gasteiger partial charge in [0, 0.05) is 28.9 Å². The normalized spacial score (nSPS) is 11.2. The molecule has 0 N–H and O–H groups in total. The topological polar surface area (TPSA) is 34.9 Å². The van der Waals surface area contributed by atoms with E-state index in [4.69, 9.17) is 0 Å². The average molecular weight is 322 g/mol. The summed E-state index contributed by atoms with van der Waals surface area (Å²) in [5.41, 5.74) is 1.93. The number of carbonyl (C=O) groups excluding carboxylic acids is 1. The van der Waals surface area contributed by atoms with Crippen LogP contribution in [0.25, 0.3) is 6.08 Å². The summed E-state index contributed by atoms with van der Waals surface area (Å²) in [4.78, 5) is 14.6. The minimum absolute atomic E-state index is 0.0117. The Hall–Kier alpha value is -2.46. The van der Waals surface area contributed by atoms with Gasteiger partial charge < -0.3 is 0 Å². The first kappa shape index (κ1) is 15.4. The van der Waals surface area contributed by atoms with Crippen LogP contribution < -0.4 is 0 Å². The molecule has 3 aromatic rings. The van der Waals surface area contributed by atoms with E-state index in [2.05, 4.69) is 41.5 Å². The molecule has 0 amide bonds. The van der Waals surface area contributed by atoms with Crippen molar-refractivity contribution in [2.75, 3.05) is 0 Å². The van der Waals surface area contributed by atoms with E-state index >= 15 is 0 Å². The second-order valence-corrected chi connectivity index (χ2v) is 6.40. The first-order valence-corrected chi connectivity index (χ1v) is 8.45. The minimum atomic E-state index is -0.0117. The lowest BCUT2D eigenvalue weighted by Crippen LogP contribution is -2.06. The monoisotopic (exact) mass is 322 g/mol. The third kappa shape index (κ3) is 3.85. The number of ketones is 1. The highest BCUT2D eigenvalue weighted by Gasteiger charge is 2.07. The molecular weight excluding hydrogens is 304 g/mol. The van der Waals surface area contributed by atoms with E-state index in [-0.39, 0.29) is 5.78 Å². The van der Waals surface area contributed by atoms with Crippen LogP contribution in [-0.2, 0) is 13.0 Å². The molecule has 0 radical (unpaired) electrons. The van der Waals surface area contributed by atoms with Gasteiger partial charge in [-0.25, -0.2) is 0 Å². The van der Waals surface area contributed by atoms with Gasteiger partial charge >= 0.3 is 0 Å². The lowest BCUT2D eigenvalue weighted by molar-refractivity contribution is 0.103. The van der Waals surface area contributed by atoms with Crippen LogP contribution in [0.3, 0.4) is 0 Å². The van der Waals surface area contributed by atoms with Crippen LogP contribution in [-0.4, -0.2) is 15.6 Å². The van der Waals surface area contributed by atoms with E-state index in [0.29, 0.717) is 12.2 Å². The Labute approximate surface area is 139 Å². The fourth-order valence-corrected chi connectivity index (χ4v) is 3.36. The van der Waals surface area contributed by atoms with Crippen molar-refractivity contribution in [3.05, 3.63) is 81.8 Å². The molecule has 0 spiro atoms. The van der Waals surface area contributed by atoms with Gasteiger partial charge in [0.15, 0.2) is 0 Å². The summed E-state index contributed by atoms with van der Waals surface area (Å²) < 4.78 is 1.71. The second kappa shape index (κ2) is 7.20. The fraction of sp³-hybridized carbons (Fsp3) is 0.158. The van der Waals surface area contributed by atoms with E-state index in [1.807, 2.05) is 19.1 Å². The predicted octanol–water partition coefficient (Wildman–Crippen LogP) is 4.45. The molecule has 2 heterocycles. The minimum Gasteiger partial charge on any atom is -0.288 e. The summed E-state index contributed by atoms with van der Waals surface area (Å²) in [6, 6.07) is 16.3. The van der Waals surface area contributed by atoms with Crippen LogP contribution >= 0.6 is 11.3 Å². The van der Waals surface area contributed by atoms with E-state index < -0.39 is 0 Å². The number of rotatable bonds is 6. The van der Waals surface area contributed by atoms with Crippen molar-refractivity contribution in [2.24, 2.45) is 0 Å². The number of aryl methyl sites for hydroxylation is 1. The van der Waals surface area contributed by atoms with Gasteiger partial charge in [-0.2, -0.15) is 5.10 Å². The van der Waals surface area contributed by atoms with Gasteiger partial charge in [0.05, 0.1) is 0 Å². The van der Waals surface area contributed by atoms with Crippen molar-refractivity contribution in [3.8, 4) is 0 Å². The maximum atomic E-state index is 12.2. The van der Waals surface area contributed by atoms with Gasteiger partial charge in [-0.05, 0) is 42.8 Å². The maximum Gasteiger partial charge on any atom is 0.203 e. The highest BCUT2D eigenvalue weighted by molar-refractivity contribution is 7.12. The molecule has 0 bridgehead atoms. The van der Waals surface area contributed by atoms with Crippen LogP contribution in [0.5, 0.6) is 0 Å². The quantitative estimate of drug-likeness (QED) is 0.496. The Bertz CT molecular complexity index is 815. The summed E-state index contributed by atoms with van der Waals surface area (Å²) in [6.45, 7) is 2.67. The highest BCUT2D eigenvalue weighted by atomic mass is 32.1. The van der Waals surface area contributed by atoms with Crippen molar-refractivity contribution < 1.29 is 4.79 Å². The summed E-state index contributed by atoms with van der Waals surface area (Å²) in [5.74, 6) is -0.0117. The predicted molar refractivity (Wildman–Crippen MR) is 94.8 cm³/mol. The van der Waals surface area contributed by atoms with Crippen molar-refractivity contribution in [3.63, 3.8) is 0 Å². The van der Waals surface area contributed by atoms with Gasteiger partial charge in [0.2, 0.25) is 5.78 Å². The summed E-state index contributed by atoms with van der Waals surface area (Å²) in [5, 5.41) is 4.13. The number of thiophene rings is 1. The Morgan fingerprint density at radius 3 is 2.78 bits per heavy atom. The molecule has 0 fully saturated rings. The molecule has 4 heteroatoms. The van der Waals surface area contributed by atoms with Crippen molar-refractivity contribution in [1.82, 2.24) is 9.78 Å². The Morgan fingerprint density at radius 1 is 1.17 bits per heavy atom. The molecule has 0 unspecified atom stereocenters. The summed E-state index contributed by atoms with van der Waals surface area (Å²) in [7, 11) is 0. The second-order valence-electron chi connectivity index (χ2n) is 5.20. The average Bonchev–Trinajstić information content (AvgIpc) is 3.22. The van der Waals surface area contributed by atoms with E-state index in [0.717, 1.165) is 11.3 Å². The molecule has 0 atom stereocenters. The molecule has 2 aromatic heterocycles. The number of allylic oxidation sites excluding steroid dienone is 1. The third-order valence-electron chi connectivity index (χ3n) is 3.57. The zero-order chi connectivity index (χ0) is 16.1. The van der Waals surface area contributed by atoms with Gasteiger partial charge in [0.25, 0.3) is 0 Å². The highest BCUT2D eigenvalue weighted by Crippen LogP contribution is 2.21. The Kier molecular flexibility index (Phi) is 4.83. The van der Waals surface area contributed by atoms with Gasteiger partial charge in [0.1, 0.15) is 5.69 Å². The summed E-state index contributed by atoms with van der Waals surface area (Å²) in [6.07, 6.45) is 6.10. The van der Waals surface area contributed by atoms with Gasteiger partial charge in [-0.15, -0.1) is 11.3 Å². The Balaban J connectivity index is 1.68. The standard InChI is InChI=1S/C19H18N2OS/c1-2-21-18(12-13-20-21)19(22)11-10-16-8-9-17(23-16)14-15-6-4-3-5-7-15/h3-13H,2,14H2,1H3/b11-10+.